The van der Waals surface area contributed by atoms with E-state index in [1.54, 1.807) is 13.1 Å². The number of nitrogens with one attached hydrogen (secondary N) is 1. The summed E-state index contributed by atoms with van der Waals surface area (Å²) in [6, 6.07) is 5.50. The Balaban J connectivity index is 3.27. The Hall–Kier alpha value is -0.910. The van der Waals surface area contributed by atoms with Gasteiger partial charge in [0.05, 0.1) is 4.90 Å². The van der Waals surface area contributed by atoms with Crippen molar-refractivity contribution in [2.45, 2.75) is 38.3 Å². The first-order valence-electron chi connectivity index (χ1n) is 6.03. The molecule has 0 aliphatic carbocycles. The maximum Gasteiger partial charge on any atom is 0.243 e. The van der Waals surface area contributed by atoms with Crippen LogP contribution in [0.4, 0.5) is 0 Å². The number of sulfonamides is 1. The summed E-state index contributed by atoms with van der Waals surface area (Å²) >= 11 is 0. The molecule has 0 atom stereocenters. The zero-order valence-electron chi connectivity index (χ0n) is 11.7. The number of rotatable bonds is 5. The number of nitrogens with zero attached hydrogens (tertiary/aromatic N) is 1. The number of hydrogen-bond donors (Lipinski definition) is 1. The highest BCUT2D eigenvalue weighted by atomic mass is 32.2. The Morgan fingerprint density at radius 2 is 1.94 bits per heavy atom. The molecule has 0 spiro atoms. The summed E-state index contributed by atoms with van der Waals surface area (Å²) < 4.78 is 26.3. The predicted molar refractivity (Wildman–Crippen MR) is 74.0 cm³/mol. The van der Waals surface area contributed by atoms with Crippen LogP contribution in [0.1, 0.15) is 25.0 Å². The SMILES string of the molecule is CNCc1ccc(C)c(S(=O)(=O)N(C)C(C)C)c1. The molecule has 4 nitrogen and oxygen atoms in total. The second kappa shape index (κ2) is 5.82. The molecule has 0 bridgehead atoms. The molecule has 0 aromatic heterocycles. The van der Waals surface area contributed by atoms with Crippen LogP contribution < -0.4 is 5.32 Å². The first-order valence-corrected chi connectivity index (χ1v) is 7.47. The molecule has 0 saturated heterocycles. The molecule has 0 fully saturated rings. The third-order valence-electron chi connectivity index (χ3n) is 3.02. The first kappa shape index (κ1) is 15.1. The van der Waals surface area contributed by atoms with Gasteiger partial charge in [0.2, 0.25) is 10.0 Å². The minimum Gasteiger partial charge on any atom is -0.316 e. The van der Waals surface area contributed by atoms with E-state index in [0.717, 1.165) is 11.1 Å². The number of hydrogen-bond acceptors (Lipinski definition) is 3. The van der Waals surface area contributed by atoms with E-state index in [1.165, 1.54) is 4.31 Å². The zero-order valence-corrected chi connectivity index (χ0v) is 12.5. The highest BCUT2D eigenvalue weighted by Crippen LogP contribution is 2.21. The third kappa shape index (κ3) is 3.10. The van der Waals surface area contributed by atoms with Crippen LogP contribution in [0.2, 0.25) is 0 Å². The highest BCUT2D eigenvalue weighted by molar-refractivity contribution is 7.89. The summed E-state index contributed by atoms with van der Waals surface area (Å²) in [5, 5.41) is 3.03. The van der Waals surface area contributed by atoms with Gasteiger partial charge in [-0.25, -0.2) is 8.42 Å². The summed E-state index contributed by atoms with van der Waals surface area (Å²) in [6.45, 7) is 6.22. The van der Waals surface area contributed by atoms with Crippen LogP contribution in [0.5, 0.6) is 0 Å². The van der Waals surface area contributed by atoms with Crippen molar-refractivity contribution in [3.05, 3.63) is 29.3 Å². The number of aryl methyl sites for hydroxylation is 1. The van der Waals surface area contributed by atoms with Crippen LogP contribution >= 0.6 is 0 Å². The lowest BCUT2D eigenvalue weighted by Crippen LogP contribution is -2.33. The van der Waals surface area contributed by atoms with Gasteiger partial charge in [-0.15, -0.1) is 0 Å². The van der Waals surface area contributed by atoms with Gasteiger partial charge in [-0.2, -0.15) is 4.31 Å². The summed E-state index contributed by atoms with van der Waals surface area (Å²) in [4.78, 5) is 0.395. The lowest BCUT2D eigenvalue weighted by Gasteiger charge is -2.22. The minimum absolute atomic E-state index is 0.0534. The molecule has 1 rings (SSSR count). The molecule has 0 aliphatic heterocycles. The molecule has 0 aliphatic rings. The van der Waals surface area contributed by atoms with E-state index < -0.39 is 10.0 Å². The van der Waals surface area contributed by atoms with E-state index in [-0.39, 0.29) is 6.04 Å². The van der Waals surface area contributed by atoms with E-state index in [4.69, 9.17) is 0 Å². The Kier molecular flexibility index (Phi) is 4.90. The van der Waals surface area contributed by atoms with Crippen LogP contribution in [0.15, 0.2) is 23.1 Å². The van der Waals surface area contributed by atoms with Crippen molar-refractivity contribution in [2.75, 3.05) is 14.1 Å². The van der Waals surface area contributed by atoms with Crippen LogP contribution in [0.25, 0.3) is 0 Å². The van der Waals surface area contributed by atoms with Crippen molar-refractivity contribution >= 4 is 10.0 Å². The maximum absolute atomic E-state index is 12.5. The summed E-state index contributed by atoms with van der Waals surface area (Å²) in [7, 11) is 0.0526. The average molecular weight is 270 g/mol. The van der Waals surface area contributed by atoms with Gasteiger partial charge >= 0.3 is 0 Å². The zero-order chi connectivity index (χ0) is 13.9. The average Bonchev–Trinajstić information content (AvgIpc) is 2.30. The summed E-state index contributed by atoms with van der Waals surface area (Å²) in [5.74, 6) is 0. The Morgan fingerprint density at radius 3 is 2.44 bits per heavy atom. The van der Waals surface area contributed by atoms with Gasteiger partial charge in [0, 0.05) is 19.6 Å². The van der Waals surface area contributed by atoms with Crippen LogP contribution in [0.3, 0.4) is 0 Å². The molecule has 0 amide bonds. The summed E-state index contributed by atoms with van der Waals surface area (Å²) in [5.41, 5.74) is 1.75. The Bertz CT molecular complexity index is 510. The summed E-state index contributed by atoms with van der Waals surface area (Å²) in [6.07, 6.45) is 0. The Labute approximate surface area is 110 Å². The molecule has 0 radical (unpaired) electrons. The fraction of sp³-hybridized carbons (Fsp3) is 0.538. The quantitative estimate of drug-likeness (QED) is 0.886. The van der Waals surface area contributed by atoms with E-state index in [9.17, 15) is 8.42 Å². The molecule has 0 unspecified atom stereocenters. The fourth-order valence-corrected chi connectivity index (χ4v) is 3.31. The molecule has 5 heteroatoms. The van der Waals surface area contributed by atoms with Crippen molar-refractivity contribution in [2.24, 2.45) is 0 Å². The van der Waals surface area contributed by atoms with Crippen LogP contribution in [-0.4, -0.2) is 32.9 Å². The topological polar surface area (TPSA) is 49.4 Å². The normalized spacial score (nSPS) is 12.4. The lowest BCUT2D eigenvalue weighted by atomic mass is 10.1. The van der Waals surface area contributed by atoms with Gasteiger partial charge in [-0.3, -0.25) is 0 Å². The van der Waals surface area contributed by atoms with E-state index in [1.807, 2.05) is 40.0 Å². The molecular weight excluding hydrogens is 248 g/mol. The van der Waals surface area contributed by atoms with Gasteiger partial charge in [0.1, 0.15) is 0 Å². The van der Waals surface area contributed by atoms with Crippen molar-refractivity contribution in [1.29, 1.82) is 0 Å². The fourth-order valence-electron chi connectivity index (χ4n) is 1.67. The van der Waals surface area contributed by atoms with Crippen molar-refractivity contribution < 1.29 is 8.42 Å². The number of benzene rings is 1. The second-order valence-electron chi connectivity index (χ2n) is 4.75. The maximum atomic E-state index is 12.5. The molecule has 102 valence electrons. The minimum atomic E-state index is -3.40. The van der Waals surface area contributed by atoms with Gasteiger partial charge in [0.25, 0.3) is 0 Å². The van der Waals surface area contributed by atoms with Crippen LogP contribution in [0, 0.1) is 6.92 Å². The van der Waals surface area contributed by atoms with Gasteiger partial charge < -0.3 is 5.32 Å². The van der Waals surface area contributed by atoms with Gasteiger partial charge in [0.15, 0.2) is 0 Å². The smallest absolute Gasteiger partial charge is 0.243 e. The van der Waals surface area contributed by atoms with E-state index in [2.05, 4.69) is 5.32 Å². The van der Waals surface area contributed by atoms with E-state index in [0.29, 0.717) is 11.4 Å². The van der Waals surface area contributed by atoms with Crippen molar-refractivity contribution in [3.63, 3.8) is 0 Å². The molecule has 0 saturated carbocycles. The standard InChI is InChI=1S/C13H22N2O2S/c1-10(2)15(5)18(16,17)13-8-12(9-14-4)7-6-11(13)3/h6-8,10,14H,9H2,1-5H3. The Morgan fingerprint density at radius 1 is 1.33 bits per heavy atom. The lowest BCUT2D eigenvalue weighted by molar-refractivity contribution is 0.410. The van der Waals surface area contributed by atoms with Crippen LogP contribution in [-0.2, 0) is 16.6 Å². The van der Waals surface area contributed by atoms with E-state index >= 15 is 0 Å². The molecule has 18 heavy (non-hydrogen) atoms. The van der Waals surface area contributed by atoms with Gasteiger partial charge in [-0.1, -0.05) is 12.1 Å². The van der Waals surface area contributed by atoms with Crippen molar-refractivity contribution in [1.82, 2.24) is 9.62 Å². The third-order valence-corrected chi connectivity index (χ3v) is 5.19. The monoisotopic (exact) mass is 270 g/mol. The molecular formula is C13H22N2O2S. The first-order chi connectivity index (χ1) is 8.30. The van der Waals surface area contributed by atoms with Crippen molar-refractivity contribution in [3.8, 4) is 0 Å². The predicted octanol–water partition coefficient (Wildman–Crippen LogP) is 1.74. The molecule has 0 heterocycles. The van der Waals surface area contributed by atoms with Gasteiger partial charge in [-0.05, 0) is 45.0 Å². The second-order valence-corrected chi connectivity index (χ2v) is 6.71. The molecule has 1 N–H and O–H groups in total. The molecule has 1 aromatic carbocycles. The largest absolute Gasteiger partial charge is 0.316 e. The molecule has 1 aromatic rings. The highest BCUT2D eigenvalue weighted by Gasteiger charge is 2.24.